The summed E-state index contributed by atoms with van der Waals surface area (Å²) in [6.07, 6.45) is -4.37. The van der Waals surface area contributed by atoms with Gasteiger partial charge in [0.25, 0.3) is 0 Å². The molecule has 17 heavy (non-hydrogen) atoms. The van der Waals surface area contributed by atoms with E-state index >= 15 is 0 Å². The quantitative estimate of drug-likeness (QED) is 0.692. The van der Waals surface area contributed by atoms with Gasteiger partial charge in [-0.15, -0.1) is 0 Å². The second-order valence-electron chi connectivity index (χ2n) is 3.28. The second kappa shape index (κ2) is 4.91. The van der Waals surface area contributed by atoms with Crippen LogP contribution in [0.4, 0.5) is 18.9 Å². The van der Waals surface area contributed by atoms with E-state index < -0.39 is 17.6 Å². The minimum absolute atomic E-state index is 0.366. The Balaban J connectivity index is 2.94. The molecule has 0 unspecified atom stereocenters. The molecule has 0 bridgehead atoms. The zero-order valence-corrected chi connectivity index (χ0v) is 9.30. The fourth-order valence-corrected chi connectivity index (χ4v) is 1.18. The van der Waals surface area contributed by atoms with Crippen LogP contribution >= 0.6 is 0 Å². The van der Waals surface area contributed by atoms with Crippen LogP contribution in [0.15, 0.2) is 24.3 Å². The van der Waals surface area contributed by atoms with E-state index in [1.807, 2.05) is 0 Å². The molecule has 0 radical (unpaired) electrons. The Morgan fingerprint density at radius 3 is 2.18 bits per heavy atom. The van der Waals surface area contributed by atoms with Gasteiger partial charge in [0.2, 0.25) is 0 Å². The predicted octanol–water partition coefficient (Wildman–Crippen LogP) is 2.69. The fourth-order valence-electron chi connectivity index (χ4n) is 1.18. The molecule has 0 saturated carbocycles. The second-order valence-corrected chi connectivity index (χ2v) is 3.28. The molecule has 1 aromatic carbocycles. The summed E-state index contributed by atoms with van der Waals surface area (Å²) in [5, 5.41) is 0. The lowest BCUT2D eigenvalue weighted by Crippen LogP contribution is -2.24. The highest BCUT2D eigenvalue weighted by Gasteiger charge is 2.30. The van der Waals surface area contributed by atoms with Gasteiger partial charge in [0.1, 0.15) is 0 Å². The molecule has 90 valence electrons. The highest BCUT2D eigenvalue weighted by atomic mass is 19.4. The van der Waals surface area contributed by atoms with Crippen LogP contribution in [0, 0.1) is 11.8 Å². The van der Waals surface area contributed by atoms with Crippen molar-refractivity contribution in [3.05, 3.63) is 29.8 Å². The maximum absolute atomic E-state index is 12.3. The minimum Gasteiger partial charge on any atom is -0.305 e. The van der Waals surface area contributed by atoms with Crippen molar-refractivity contribution in [1.82, 2.24) is 0 Å². The molecule has 0 aromatic heterocycles. The van der Waals surface area contributed by atoms with E-state index in [2.05, 4.69) is 11.8 Å². The van der Waals surface area contributed by atoms with Crippen LogP contribution in [0.25, 0.3) is 0 Å². The molecule has 5 heteroatoms. The van der Waals surface area contributed by atoms with Gasteiger partial charge < -0.3 is 4.90 Å². The lowest BCUT2D eigenvalue weighted by atomic mass is 10.2. The van der Waals surface area contributed by atoms with Gasteiger partial charge in [-0.05, 0) is 37.1 Å². The van der Waals surface area contributed by atoms with Crippen molar-refractivity contribution in [2.45, 2.75) is 13.1 Å². The number of rotatable bonds is 1. The summed E-state index contributed by atoms with van der Waals surface area (Å²) in [5.41, 5.74) is -0.380. The number of alkyl halides is 3. The normalized spacial score (nSPS) is 10.4. The maximum Gasteiger partial charge on any atom is 0.416 e. The van der Waals surface area contributed by atoms with Crippen molar-refractivity contribution in [3.8, 4) is 11.8 Å². The van der Waals surface area contributed by atoms with Crippen molar-refractivity contribution in [2.75, 3.05) is 11.9 Å². The van der Waals surface area contributed by atoms with Crippen LogP contribution in [0.1, 0.15) is 12.5 Å². The summed E-state index contributed by atoms with van der Waals surface area (Å²) in [6, 6.07) is 4.33. The fraction of sp³-hybridized carbons (Fsp3) is 0.250. The summed E-state index contributed by atoms with van der Waals surface area (Å²) in [7, 11) is 1.45. The molecule has 1 amide bonds. The maximum atomic E-state index is 12.3. The number of carbonyl (C=O) groups excluding carboxylic acids is 1. The average molecular weight is 241 g/mol. The number of nitrogens with zero attached hydrogens (tertiary/aromatic N) is 1. The summed E-state index contributed by atoms with van der Waals surface area (Å²) in [4.78, 5) is 12.5. The molecule has 0 N–H and O–H groups in total. The topological polar surface area (TPSA) is 20.3 Å². The highest BCUT2D eigenvalue weighted by Crippen LogP contribution is 2.30. The number of carbonyl (C=O) groups is 1. The number of amides is 1. The van der Waals surface area contributed by atoms with Crippen LogP contribution in [-0.4, -0.2) is 13.0 Å². The molecule has 0 heterocycles. The number of halogens is 3. The summed E-state index contributed by atoms with van der Waals surface area (Å²) < 4.78 is 36.9. The Morgan fingerprint density at radius 2 is 1.76 bits per heavy atom. The van der Waals surface area contributed by atoms with E-state index in [1.54, 1.807) is 0 Å². The first-order valence-corrected chi connectivity index (χ1v) is 4.74. The molecule has 0 aliphatic heterocycles. The van der Waals surface area contributed by atoms with Gasteiger partial charge in [-0.3, -0.25) is 4.79 Å². The van der Waals surface area contributed by atoms with Crippen molar-refractivity contribution < 1.29 is 18.0 Å². The Kier molecular flexibility index (Phi) is 3.79. The number of benzene rings is 1. The largest absolute Gasteiger partial charge is 0.416 e. The smallest absolute Gasteiger partial charge is 0.305 e. The van der Waals surface area contributed by atoms with E-state index in [9.17, 15) is 18.0 Å². The molecule has 0 fully saturated rings. The summed E-state index contributed by atoms with van der Waals surface area (Å²) >= 11 is 0. The molecule has 1 rings (SSSR count). The Bertz CT molecular complexity index is 465. The standard InChI is InChI=1S/C12H10F3NO/c1-3-4-11(17)16(2)10-7-5-9(6-8-10)12(13,14)15/h5-8H,1-2H3. The monoisotopic (exact) mass is 241 g/mol. The Morgan fingerprint density at radius 1 is 1.24 bits per heavy atom. The van der Waals surface area contributed by atoms with Gasteiger partial charge in [0.05, 0.1) is 5.56 Å². The van der Waals surface area contributed by atoms with Gasteiger partial charge in [-0.1, -0.05) is 5.92 Å². The zero-order chi connectivity index (χ0) is 13.1. The molecule has 1 aromatic rings. The van der Waals surface area contributed by atoms with Gasteiger partial charge in [-0.2, -0.15) is 13.2 Å². The van der Waals surface area contributed by atoms with Crippen molar-refractivity contribution >= 4 is 11.6 Å². The molecule has 2 nitrogen and oxygen atoms in total. The van der Waals surface area contributed by atoms with E-state index in [4.69, 9.17) is 0 Å². The highest BCUT2D eigenvalue weighted by molar-refractivity contribution is 6.05. The zero-order valence-electron chi connectivity index (χ0n) is 9.30. The third kappa shape index (κ3) is 3.25. The number of hydrogen-bond donors (Lipinski definition) is 0. The Hall–Kier alpha value is -1.96. The van der Waals surface area contributed by atoms with Crippen LogP contribution in [-0.2, 0) is 11.0 Å². The SMILES string of the molecule is CC#CC(=O)N(C)c1ccc(C(F)(F)F)cc1. The number of anilines is 1. The van der Waals surface area contributed by atoms with Gasteiger partial charge in [0, 0.05) is 12.7 Å². The molecule has 0 aliphatic rings. The van der Waals surface area contributed by atoms with Gasteiger partial charge >= 0.3 is 12.1 Å². The summed E-state index contributed by atoms with van der Waals surface area (Å²) in [5.74, 6) is 4.27. The van der Waals surface area contributed by atoms with Crippen LogP contribution in [0.2, 0.25) is 0 Å². The molecule has 0 spiro atoms. The third-order valence-electron chi connectivity index (χ3n) is 2.12. The number of hydrogen-bond acceptors (Lipinski definition) is 1. The first kappa shape index (κ1) is 13.1. The molecular formula is C12H10F3NO. The lowest BCUT2D eigenvalue weighted by Gasteiger charge is -2.15. The van der Waals surface area contributed by atoms with E-state index in [-0.39, 0.29) is 0 Å². The minimum atomic E-state index is -4.37. The predicted molar refractivity (Wildman–Crippen MR) is 58.3 cm³/mol. The van der Waals surface area contributed by atoms with E-state index in [1.165, 1.54) is 31.0 Å². The Labute approximate surface area is 97.0 Å². The first-order valence-electron chi connectivity index (χ1n) is 4.74. The van der Waals surface area contributed by atoms with E-state index in [0.29, 0.717) is 5.69 Å². The molecule has 0 aliphatic carbocycles. The van der Waals surface area contributed by atoms with Crippen molar-refractivity contribution in [2.24, 2.45) is 0 Å². The molecule has 0 saturated heterocycles. The average Bonchev–Trinajstić information content (AvgIpc) is 2.27. The van der Waals surface area contributed by atoms with Crippen LogP contribution < -0.4 is 4.90 Å². The van der Waals surface area contributed by atoms with Crippen molar-refractivity contribution in [3.63, 3.8) is 0 Å². The van der Waals surface area contributed by atoms with Crippen LogP contribution in [0.3, 0.4) is 0 Å². The van der Waals surface area contributed by atoms with E-state index in [0.717, 1.165) is 12.1 Å². The van der Waals surface area contributed by atoms with Crippen molar-refractivity contribution in [1.29, 1.82) is 0 Å². The molecular weight excluding hydrogens is 231 g/mol. The summed E-state index contributed by atoms with van der Waals surface area (Å²) in [6.45, 7) is 1.51. The van der Waals surface area contributed by atoms with Crippen LogP contribution in [0.5, 0.6) is 0 Å². The van der Waals surface area contributed by atoms with Gasteiger partial charge in [-0.25, -0.2) is 0 Å². The third-order valence-corrected chi connectivity index (χ3v) is 2.12. The lowest BCUT2D eigenvalue weighted by molar-refractivity contribution is -0.137. The first-order chi connectivity index (χ1) is 7.86. The van der Waals surface area contributed by atoms with Gasteiger partial charge in [0.15, 0.2) is 0 Å². The molecule has 0 atom stereocenters.